The van der Waals surface area contributed by atoms with Crippen LogP contribution in [0.2, 0.25) is 0 Å². The van der Waals surface area contributed by atoms with Crippen LogP contribution in [0.5, 0.6) is 0 Å². The van der Waals surface area contributed by atoms with Gasteiger partial charge >= 0.3 is 0 Å². The number of hydrazine groups is 1. The van der Waals surface area contributed by atoms with E-state index in [2.05, 4.69) is 15.6 Å². The fourth-order valence-corrected chi connectivity index (χ4v) is 8.85. The van der Waals surface area contributed by atoms with Crippen LogP contribution in [-0.4, -0.2) is 46.2 Å². The Balaban J connectivity index is 1.25. The van der Waals surface area contributed by atoms with Gasteiger partial charge in [0.1, 0.15) is 0 Å². The van der Waals surface area contributed by atoms with Crippen molar-refractivity contribution in [1.29, 1.82) is 0 Å². The molecule has 9 nitrogen and oxygen atoms in total. The lowest BCUT2D eigenvalue weighted by Gasteiger charge is -2.32. The van der Waals surface area contributed by atoms with Crippen molar-refractivity contribution in [2.24, 2.45) is 0 Å². The number of piperidine rings is 1. The fraction of sp³-hybridized carbons (Fsp3) is 0.320. The largest absolute Gasteiger partial charge is 0.382 e. The number of carbonyl (C=O) groups excluding carboxylic acids is 1. The van der Waals surface area contributed by atoms with Crippen LogP contribution >= 0.6 is 11.3 Å². The lowest BCUT2D eigenvalue weighted by atomic mass is 10.0. The summed E-state index contributed by atoms with van der Waals surface area (Å²) >= 11 is 1.40. The first-order valence-corrected chi connectivity index (χ1v) is 15.9. The van der Waals surface area contributed by atoms with Gasteiger partial charge in [0.05, 0.1) is 5.75 Å². The molecule has 5 rings (SSSR count). The first kappa shape index (κ1) is 25.9. The van der Waals surface area contributed by atoms with Gasteiger partial charge < -0.3 is 5.32 Å². The summed E-state index contributed by atoms with van der Waals surface area (Å²) in [6, 6.07) is 17.2. The van der Waals surface area contributed by atoms with Crippen LogP contribution in [0.15, 0.2) is 60.0 Å². The van der Waals surface area contributed by atoms with Crippen molar-refractivity contribution in [1.82, 2.24) is 14.6 Å². The van der Waals surface area contributed by atoms with E-state index in [4.69, 9.17) is 0 Å². The van der Waals surface area contributed by atoms with Crippen molar-refractivity contribution in [3.8, 4) is 10.4 Å². The van der Waals surface area contributed by atoms with Crippen molar-refractivity contribution < 1.29 is 21.6 Å². The first-order chi connectivity index (χ1) is 17.6. The number of benzene rings is 2. The molecule has 2 aliphatic heterocycles. The summed E-state index contributed by atoms with van der Waals surface area (Å²) in [5.74, 6) is -0.573. The lowest BCUT2D eigenvalue weighted by molar-refractivity contribution is -0.120. The topological polar surface area (TPSA) is 125 Å². The van der Waals surface area contributed by atoms with Gasteiger partial charge in [-0.1, -0.05) is 42.5 Å². The van der Waals surface area contributed by atoms with E-state index in [1.807, 2.05) is 61.5 Å². The van der Waals surface area contributed by atoms with Crippen molar-refractivity contribution in [2.75, 3.05) is 18.4 Å². The molecule has 2 fully saturated rings. The summed E-state index contributed by atoms with van der Waals surface area (Å²) in [6.45, 7) is 2.76. The monoisotopic (exact) mass is 560 g/mol. The Bertz CT molecular complexity index is 1510. The molecule has 196 valence electrons. The summed E-state index contributed by atoms with van der Waals surface area (Å²) in [7, 11) is -7.17. The minimum atomic E-state index is -3.80. The normalized spacial score (nSPS) is 20.6. The molecule has 1 atom stereocenters. The Hall–Kier alpha value is -2.77. The summed E-state index contributed by atoms with van der Waals surface area (Å²) < 4.78 is 51.8. The fourth-order valence-electron chi connectivity index (χ4n) is 4.81. The van der Waals surface area contributed by atoms with E-state index in [-0.39, 0.29) is 11.8 Å². The molecule has 2 aliphatic rings. The Morgan fingerprint density at radius 2 is 1.81 bits per heavy atom. The summed E-state index contributed by atoms with van der Waals surface area (Å²) in [4.78, 5) is 15.1. The highest BCUT2D eigenvalue weighted by molar-refractivity contribution is 7.90. The second kappa shape index (κ2) is 10.2. The van der Waals surface area contributed by atoms with Gasteiger partial charge in [0, 0.05) is 29.7 Å². The summed E-state index contributed by atoms with van der Waals surface area (Å²) in [5.41, 5.74) is 6.04. The predicted molar refractivity (Wildman–Crippen MR) is 145 cm³/mol. The van der Waals surface area contributed by atoms with E-state index >= 15 is 0 Å². The number of hydrogen-bond acceptors (Lipinski definition) is 7. The van der Waals surface area contributed by atoms with Crippen molar-refractivity contribution in [3.63, 3.8) is 0 Å². The minimum Gasteiger partial charge on any atom is -0.382 e. The number of thiophene rings is 1. The number of amides is 1. The number of rotatable bonds is 7. The van der Waals surface area contributed by atoms with E-state index in [0.29, 0.717) is 31.5 Å². The smallest absolute Gasteiger partial charge is 0.259 e. The van der Waals surface area contributed by atoms with E-state index < -0.39 is 31.2 Å². The molecule has 12 heteroatoms. The zero-order valence-electron chi connectivity index (χ0n) is 20.2. The number of anilines is 1. The SMILES string of the molecule is Cc1c(C2C(=O)NNS2(=O)=O)csc1-c1cccc(NC2CCN(S(=O)(=O)Cc3ccccc3)CC2)c1. The summed E-state index contributed by atoms with van der Waals surface area (Å²) in [5, 5.41) is 3.99. The highest BCUT2D eigenvalue weighted by atomic mass is 32.2. The van der Waals surface area contributed by atoms with Crippen LogP contribution in [0.4, 0.5) is 5.69 Å². The molecule has 3 N–H and O–H groups in total. The van der Waals surface area contributed by atoms with E-state index in [9.17, 15) is 21.6 Å². The maximum absolute atomic E-state index is 12.9. The standard InChI is InChI=1S/C25H28N4O5S3/c1-17-22(24-25(30)27-28-37(24,33)34)15-35-23(17)19-8-5-9-21(14-19)26-20-10-12-29(13-11-20)36(31,32)16-18-6-3-2-4-7-18/h2-9,14-15,20,24,26,28H,10-13,16H2,1H3,(H,27,30). The van der Waals surface area contributed by atoms with Gasteiger partial charge in [-0.2, -0.15) is 0 Å². The van der Waals surface area contributed by atoms with Crippen molar-refractivity contribution >= 4 is 43.0 Å². The van der Waals surface area contributed by atoms with Gasteiger partial charge in [0.15, 0.2) is 5.25 Å². The Kier molecular flexibility index (Phi) is 7.12. The third-order valence-electron chi connectivity index (χ3n) is 6.76. The number of hydrogen-bond donors (Lipinski definition) is 3. The molecule has 3 aromatic rings. The molecular weight excluding hydrogens is 532 g/mol. The molecule has 2 aromatic carbocycles. The number of carbonyl (C=O) groups is 1. The molecule has 37 heavy (non-hydrogen) atoms. The Labute approximate surface area is 221 Å². The van der Waals surface area contributed by atoms with Crippen LogP contribution in [0.3, 0.4) is 0 Å². The Morgan fingerprint density at radius 1 is 1.08 bits per heavy atom. The van der Waals surface area contributed by atoms with Gasteiger partial charge in [-0.15, -0.1) is 16.2 Å². The molecule has 0 aliphatic carbocycles. The lowest BCUT2D eigenvalue weighted by Crippen LogP contribution is -2.42. The Morgan fingerprint density at radius 3 is 2.49 bits per heavy atom. The quantitative estimate of drug-likeness (QED) is 0.408. The third kappa shape index (κ3) is 5.43. The zero-order valence-corrected chi connectivity index (χ0v) is 22.6. The molecule has 1 aromatic heterocycles. The van der Waals surface area contributed by atoms with Gasteiger partial charge in [-0.05, 0) is 59.5 Å². The first-order valence-electron chi connectivity index (χ1n) is 11.9. The highest BCUT2D eigenvalue weighted by Crippen LogP contribution is 2.39. The average Bonchev–Trinajstić information content (AvgIpc) is 3.37. The van der Waals surface area contributed by atoms with Crippen molar-refractivity contribution in [3.05, 3.63) is 76.7 Å². The van der Waals surface area contributed by atoms with Gasteiger partial charge in [-0.3, -0.25) is 10.2 Å². The molecule has 1 unspecified atom stereocenters. The molecular formula is C25H28N4O5S3. The van der Waals surface area contributed by atoms with Crippen LogP contribution in [-0.2, 0) is 30.6 Å². The second-order valence-corrected chi connectivity index (χ2v) is 13.9. The van der Waals surface area contributed by atoms with Crippen LogP contribution < -0.4 is 15.6 Å². The van der Waals surface area contributed by atoms with Crippen LogP contribution in [0.25, 0.3) is 10.4 Å². The van der Waals surface area contributed by atoms with Gasteiger partial charge in [-0.25, -0.2) is 21.1 Å². The van der Waals surface area contributed by atoms with Gasteiger partial charge in [0.2, 0.25) is 20.0 Å². The number of nitrogens with one attached hydrogen (secondary N) is 3. The molecule has 0 spiro atoms. The van der Waals surface area contributed by atoms with Crippen LogP contribution in [0, 0.1) is 6.92 Å². The zero-order chi connectivity index (χ0) is 26.2. The third-order valence-corrected chi connectivity index (χ3v) is 11.2. The average molecular weight is 561 g/mol. The maximum Gasteiger partial charge on any atom is 0.259 e. The van der Waals surface area contributed by atoms with E-state index in [1.54, 1.807) is 9.69 Å². The summed E-state index contributed by atoms with van der Waals surface area (Å²) in [6.07, 6.45) is 1.39. The van der Waals surface area contributed by atoms with Gasteiger partial charge in [0.25, 0.3) is 5.91 Å². The molecule has 3 heterocycles. The number of nitrogens with zero attached hydrogens (tertiary/aromatic N) is 1. The number of sulfonamides is 2. The maximum atomic E-state index is 12.9. The van der Waals surface area contributed by atoms with Crippen LogP contribution in [0.1, 0.15) is 34.8 Å². The van der Waals surface area contributed by atoms with E-state index in [0.717, 1.165) is 27.3 Å². The molecule has 0 saturated carbocycles. The molecule has 1 amide bonds. The highest BCUT2D eigenvalue weighted by Gasteiger charge is 2.42. The molecule has 0 radical (unpaired) electrons. The molecule has 0 bridgehead atoms. The predicted octanol–water partition coefficient (Wildman–Crippen LogP) is 3.14. The van der Waals surface area contributed by atoms with Crippen molar-refractivity contribution in [2.45, 2.75) is 36.8 Å². The van der Waals surface area contributed by atoms with E-state index in [1.165, 1.54) is 11.3 Å². The molecule has 2 saturated heterocycles. The second-order valence-electron chi connectivity index (χ2n) is 9.30. The minimum absolute atomic E-state index is 0.00993.